The molecule has 11 nitrogen and oxygen atoms in total. The highest BCUT2D eigenvalue weighted by Crippen LogP contribution is 2.16. The summed E-state index contributed by atoms with van der Waals surface area (Å²) in [5, 5.41) is 25.5. The van der Waals surface area contributed by atoms with Crippen molar-refractivity contribution < 1.29 is 24.0 Å². The van der Waals surface area contributed by atoms with Gasteiger partial charge in [-0.1, -0.05) is 0 Å². The van der Waals surface area contributed by atoms with Crippen LogP contribution in [0.2, 0.25) is 0 Å². The van der Waals surface area contributed by atoms with Crippen LogP contribution in [0.3, 0.4) is 0 Å². The summed E-state index contributed by atoms with van der Waals surface area (Å²) in [5.41, 5.74) is 3.41. The van der Waals surface area contributed by atoms with Crippen LogP contribution in [-0.4, -0.2) is 28.9 Å². The zero-order valence-electron chi connectivity index (χ0n) is 17.3. The molecule has 0 saturated carbocycles. The first-order valence-electron chi connectivity index (χ1n) is 9.57. The third kappa shape index (κ3) is 6.32. The number of carbonyl (C=O) groups is 3. The zero-order valence-corrected chi connectivity index (χ0v) is 17.3. The monoisotopic (exact) mass is 457 g/mol. The van der Waals surface area contributed by atoms with Crippen molar-refractivity contribution in [1.29, 1.82) is 5.26 Å². The highest BCUT2D eigenvalue weighted by Gasteiger charge is 2.13. The van der Waals surface area contributed by atoms with Gasteiger partial charge in [0.25, 0.3) is 5.69 Å². The van der Waals surface area contributed by atoms with Crippen LogP contribution >= 0.6 is 0 Å². The largest absolute Gasteiger partial charge is 0.423 e. The summed E-state index contributed by atoms with van der Waals surface area (Å²) in [6.07, 6.45) is 1.29. The van der Waals surface area contributed by atoms with E-state index in [1.54, 1.807) is 12.1 Å². The van der Waals surface area contributed by atoms with E-state index >= 15 is 0 Å². The molecule has 3 aromatic rings. The van der Waals surface area contributed by atoms with Gasteiger partial charge in [-0.05, 0) is 66.2 Å². The quantitative estimate of drug-likeness (QED) is 0.143. The fourth-order valence-corrected chi connectivity index (χ4v) is 2.54. The van der Waals surface area contributed by atoms with Crippen molar-refractivity contribution in [3.8, 4) is 11.8 Å². The van der Waals surface area contributed by atoms with Gasteiger partial charge in [-0.15, -0.1) is 0 Å². The number of nitro groups is 1. The average molecular weight is 457 g/mol. The van der Waals surface area contributed by atoms with Crippen molar-refractivity contribution in [2.24, 2.45) is 5.10 Å². The van der Waals surface area contributed by atoms with Crippen LogP contribution < -0.4 is 15.5 Å². The van der Waals surface area contributed by atoms with Gasteiger partial charge in [-0.25, -0.2) is 10.2 Å². The molecule has 0 unspecified atom stereocenters. The Labute approximate surface area is 192 Å². The van der Waals surface area contributed by atoms with E-state index in [-0.39, 0.29) is 17.0 Å². The Morgan fingerprint density at radius 1 is 0.941 bits per heavy atom. The summed E-state index contributed by atoms with van der Waals surface area (Å²) < 4.78 is 5.21. The summed E-state index contributed by atoms with van der Waals surface area (Å²) in [5.74, 6) is -2.38. The number of nitrogens with zero attached hydrogens (tertiary/aromatic N) is 3. The summed E-state index contributed by atoms with van der Waals surface area (Å²) in [4.78, 5) is 46.0. The average Bonchev–Trinajstić information content (AvgIpc) is 2.85. The third-order valence-electron chi connectivity index (χ3n) is 4.26. The lowest BCUT2D eigenvalue weighted by atomic mass is 10.2. The van der Waals surface area contributed by atoms with E-state index in [0.717, 1.165) is 0 Å². The highest BCUT2D eigenvalue weighted by molar-refractivity contribution is 6.39. The van der Waals surface area contributed by atoms with Crippen LogP contribution in [0.5, 0.6) is 5.75 Å². The lowest BCUT2D eigenvalue weighted by molar-refractivity contribution is -0.384. The summed E-state index contributed by atoms with van der Waals surface area (Å²) >= 11 is 0. The van der Waals surface area contributed by atoms with Gasteiger partial charge in [0, 0.05) is 17.8 Å². The number of hydrogen-bond donors (Lipinski definition) is 2. The van der Waals surface area contributed by atoms with Crippen LogP contribution in [-0.2, 0) is 9.59 Å². The van der Waals surface area contributed by atoms with Crippen molar-refractivity contribution in [3.05, 3.63) is 99.6 Å². The lowest BCUT2D eigenvalue weighted by Crippen LogP contribution is -2.32. The van der Waals surface area contributed by atoms with E-state index in [9.17, 15) is 24.5 Å². The Balaban J connectivity index is 1.50. The number of nitro benzene ring substituents is 1. The predicted octanol–water partition coefficient (Wildman–Crippen LogP) is 2.77. The molecule has 0 saturated heterocycles. The molecule has 0 heterocycles. The minimum Gasteiger partial charge on any atom is -0.423 e. The van der Waals surface area contributed by atoms with Crippen LogP contribution in [0.25, 0.3) is 0 Å². The van der Waals surface area contributed by atoms with E-state index in [2.05, 4.69) is 15.8 Å². The molecule has 3 aromatic carbocycles. The predicted molar refractivity (Wildman–Crippen MR) is 120 cm³/mol. The Kier molecular flexibility index (Phi) is 7.39. The highest BCUT2D eigenvalue weighted by atomic mass is 16.6. The molecule has 11 heteroatoms. The first-order chi connectivity index (χ1) is 16.4. The molecule has 0 aliphatic carbocycles. The van der Waals surface area contributed by atoms with Gasteiger partial charge in [-0.2, -0.15) is 10.4 Å². The second kappa shape index (κ2) is 10.8. The molecule has 0 fully saturated rings. The van der Waals surface area contributed by atoms with Crippen molar-refractivity contribution in [3.63, 3.8) is 0 Å². The topological polar surface area (TPSA) is 164 Å². The maximum absolute atomic E-state index is 12.1. The molecule has 0 aromatic heterocycles. The van der Waals surface area contributed by atoms with Gasteiger partial charge in [0.1, 0.15) is 5.75 Å². The van der Waals surface area contributed by atoms with E-state index in [1.165, 1.54) is 66.9 Å². The molecule has 0 radical (unpaired) electrons. The Morgan fingerprint density at radius 3 is 2.18 bits per heavy atom. The molecule has 2 N–H and O–H groups in total. The number of benzene rings is 3. The number of hydrazone groups is 1. The van der Waals surface area contributed by atoms with Gasteiger partial charge in [0.15, 0.2) is 0 Å². The fourth-order valence-electron chi connectivity index (χ4n) is 2.54. The van der Waals surface area contributed by atoms with Crippen LogP contribution in [0, 0.1) is 21.4 Å². The Morgan fingerprint density at radius 2 is 1.59 bits per heavy atom. The number of anilines is 1. The minimum atomic E-state index is -0.991. The van der Waals surface area contributed by atoms with Gasteiger partial charge >= 0.3 is 17.8 Å². The maximum Gasteiger partial charge on any atom is 0.343 e. The number of esters is 1. The number of nitrogens with one attached hydrogen (secondary N) is 2. The zero-order chi connectivity index (χ0) is 24.5. The van der Waals surface area contributed by atoms with Crippen molar-refractivity contribution in [1.82, 2.24) is 5.43 Å². The SMILES string of the molecule is N#Cc1ccc(NC(=O)C(=O)N/N=C/c2ccc(OC(=O)c3ccc([N+](=O)[O-])cc3)cc2)cc1. The molecule has 2 amide bonds. The lowest BCUT2D eigenvalue weighted by Gasteiger charge is -2.05. The molecule has 3 rings (SSSR count). The number of amides is 2. The number of nitriles is 1. The molecule has 0 spiro atoms. The van der Waals surface area contributed by atoms with Crippen LogP contribution in [0.4, 0.5) is 11.4 Å². The van der Waals surface area contributed by atoms with E-state index in [0.29, 0.717) is 16.8 Å². The number of hydrogen-bond acceptors (Lipinski definition) is 8. The number of non-ortho nitro benzene ring substituents is 1. The Bertz CT molecular complexity index is 1290. The third-order valence-corrected chi connectivity index (χ3v) is 4.26. The molecule has 0 bridgehead atoms. The normalized spacial score (nSPS) is 10.2. The molecule has 34 heavy (non-hydrogen) atoms. The maximum atomic E-state index is 12.1. The van der Waals surface area contributed by atoms with Gasteiger partial charge < -0.3 is 10.1 Å². The van der Waals surface area contributed by atoms with Crippen LogP contribution in [0.1, 0.15) is 21.5 Å². The van der Waals surface area contributed by atoms with Crippen molar-refractivity contribution in [2.75, 3.05) is 5.32 Å². The first-order valence-corrected chi connectivity index (χ1v) is 9.57. The number of carbonyl (C=O) groups excluding carboxylic acids is 3. The van der Waals surface area contributed by atoms with Gasteiger partial charge in [0.05, 0.1) is 28.3 Å². The molecule has 0 atom stereocenters. The van der Waals surface area contributed by atoms with Crippen molar-refractivity contribution in [2.45, 2.75) is 0 Å². The Hall–Kier alpha value is -5.37. The first kappa shape index (κ1) is 23.3. The smallest absolute Gasteiger partial charge is 0.343 e. The second-order valence-electron chi connectivity index (χ2n) is 6.60. The molecule has 0 aliphatic rings. The van der Waals surface area contributed by atoms with E-state index < -0.39 is 22.7 Å². The second-order valence-corrected chi connectivity index (χ2v) is 6.60. The van der Waals surface area contributed by atoms with E-state index in [1.807, 2.05) is 6.07 Å². The van der Waals surface area contributed by atoms with Gasteiger partial charge in [-0.3, -0.25) is 19.7 Å². The molecular weight excluding hydrogens is 442 g/mol. The number of rotatable bonds is 6. The minimum absolute atomic E-state index is 0.140. The molecule has 168 valence electrons. The standard InChI is InChI=1S/C23H15N5O6/c24-13-15-1-7-18(8-2-15)26-21(29)22(30)27-25-14-16-3-11-20(12-4-16)34-23(31)17-5-9-19(10-6-17)28(32)33/h1-12,14H,(H,26,29)(H,27,30)/b25-14+. The van der Waals surface area contributed by atoms with Crippen LogP contribution in [0.15, 0.2) is 77.9 Å². The summed E-state index contributed by atoms with van der Waals surface area (Å²) in [6.45, 7) is 0. The summed E-state index contributed by atoms with van der Waals surface area (Å²) in [6, 6.07) is 19.0. The van der Waals surface area contributed by atoms with Crippen molar-refractivity contribution >= 4 is 35.4 Å². The van der Waals surface area contributed by atoms with Gasteiger partial charge in [0.2, 0.25) is 0 Å². The fraction of sp³-hybridized carbons (Fsp3) is 0. The van der Waals surface area contributed by atoms with E-state index in [4.69, 9.17) is 10.00 Å². The molecule has 0 aliphatic heterocycles. The molecular formula is C23H15N5O6. The number of ether oxygens (including phenoxy) is 1. The summed E-state index contributed by atoms with van der Waals surface area (Å²) in [7, 11) is 0.